The van der Waals surface area contributed by atoms with Crippen LogP contribution in [-0.2, 0) is 117 Å². The molecule has 15 atom stereocenters. The van der Waals surface area contributed by atoms with Gasteiger partial charge in [-0.1, -0.05) is 94.6 Å². The van der Waals surface area contributed by atoms with E-state index < -0.39 is 265 Å². The Hall–Kier alpha value is -14.3. The van der Waals surface area contributed by atoms with Gasteiger partial charge in [0, 0.05) is 130 Å². The van der Waals surface area contributed by atoms with Gasteiger partial charge in [-0.2, -0.15) is 0 Å². The maximum atomic E-state index is 15.8. The van der Waals surface area contributed by atoms with Gasteiger partial charge >= 0.3 is 11.9 Å². The van der Waals surface area contributed by atoms with Crippen molar-refractivity contribution in [3.05, 3.63) is 132 Å². The molecular formula is C93H126N22O23S. The lowest BCUT2D eigenvalue weighted by atomic mass is 9.99. The summed E-state index contributed by atoms with van der Waals surface area (Å²) in [5, 5.41) is 59.1. The second kappa shape index (κ2) is 51.7. The Morgan fingerprint density at radius 1 is 0.554 bits per heavy atom. The summed E-state index contributed by atoms with van der Waals surface area (Å²) in [7, 11) is 5.15. The number of carboxylic acids is 2. The van der Waals surface area contributed by atoms with E-state index in [0.29, 0.717) is 75.3 Å². The lowest BCUT2D eigenvalue weighted by Crippen LogP contribution is -2.61. The quantitative estimate of drug-likeness (QED) is 0.0174. The van der Waals surface area contributed by atoms with Crippen molar-refractivity contribution in [2.24, 2.45) is 17.2 Å². The molecule has 752 valence electrons. The summed E-state index contributed by atoms with van der Waals surface area (Å²) in [5.74, 6) is -21.5. The molecule has 3 aliphatic heterocycles. The molecule has 3 saturated heterocycles. The number of aromatic nitrogens is 4. The lowest BCUT2D eigenvalue weighted by molar-refractivity contribution is -0.149. The van der Waals surface area contributed by atoms with E-state index in [1.165, 1.54) is 47.7 Å². The third-order valence-corrected chi connectivity index (χ3v) is 25.9. The van der Waals surface area contributed by atoms with Gasteiger partial charge in [-0.05, 0) is 106 Å². The summed E-state index contributed by atoms with van der Waals surface area (Å²) in [6.45, 7) is 7.16. The molecule has 0 radical (unpaired) electrons. The van der Waals surface area contributed by atoms with Crippen LogP contribution in [0.5, 0.6) is 5.75 Å². The summed E-state index contributed by atoms with van der Waals surface area (Å²) >= 11 is 0.706. The number of rotatable bonds is 29. The van der Waals surface area contributed by atoms with Crippen molar-refractivity contribution >= 4 is 146 Å². The molecule has 3 aromatic carbocycles. The van der Waals surface area contributed by atoms with Crippen LogP contribution in [0.4, 0.5) is 0 Å². The number of aliphatic hydroxyl groups excluding tert-OH is 1. The number of nitrogens with one attached hydrogen (secondary N) is 13. The molecule has 6 aromatic rings. The monoisotopic (exact) mass is 1950 g/mol. The Labute approximate surface area is 805 Å². The van der Waals surface area contributed by atoms with Crippen LogP contribution in [0.3, 0.4) is 0 Å². The number of aliphatic carboxylic acids is 2. The van der Waals surface area contributed by atoms with Gasteiger partial charge in [0.25, 0.3) is 5.91 Å². The zero-order valence-corrected chi connectivity index (χ0v) is 79.4. The average Bonchev–Trinajstić information content (AvgIpc) is 1.68. The number of carboxylic acid groups (broad SMARTS) is 2. The van der Waals surface area contributed by atoms with Gasteiger partial charge < -0.3 is 130 Å². The largest absolute Gasteiger partial charge is 0.497 e. The smallest absolute Gasteiger partial charge is 0.305 e. The van der Waals surface area contributed by atoms with Crippen LogP contribution in [0.1, 0.15) is 139 Å². The molecule has 139 heavy (non-hydrogen) atoms. The molecule has 9 rings (SSSR count). The molecule has 3 aromatic heterocycles. The number of imidazole rings is 1. The fourth-order valence-corrected chi connectivity index (χ4v) is 17.7. The fourth-order valence-electron chi connectivity index (χ4n) is 16.9. The Kier molecular flexibility index (Phi) is 40.3. The SMILES string of the molecule is C=C(C(N)=O)[C@@H]1NC(=O)[C@H](C)N(C)C(=O)[C@H](Cc2ccc(OC)cc2)NC(=O)CSC[C@@H](C(=O)NCC(N)=O)NC(=O)[C@H](CCC(=O)O)NC(=O)[C@H](CCCC)N(C)C(=O)[C@H](CCCC)N(C)C(=O)[C@H](Cc2c[nH]c3ccccc23)NC(=O)[C@H](CC(=O)O)NC(=O)[C@H](Cc2c[nH]c3ccccc23)NC(=O)[C@@H]2C[C@@H](O)CN2C(=O)[C@H](CCCCN)NC(=O)[C@H](Cc2cnc[nH]2)NC(=O)[C@@H]2CCCN2C1=O. The van der Waals surface area contributed by atoms with E-state index in [1.807, 2.05) is 0 Å². The normalized spacial score (nSPS) is 24.3. The minimum atomic E-state index is -2.08. The van der Waals surface area contributed by atoms with Crippen LogP contribution in [-0.4, -0.2) is 329 Å². The number of benzene rings is 3. The van der Waals surface area contributed by atoms with Crippen LogP contribution < -0.4 is 75.1 Å². The summed E-state index contributed by atoms with van der Waals surface area (Å²) in [4.78, 5) is 295. The third kappa shape index (κ3) is 29.9. The van der Waals surface area contributed by atoms with Crippen molar-refractivity contribution in [2.45, 2.75) is 233 Å². The number of ether oxygens (including phenoxy) is 1. The fraction of sp³-hybridized carbons (Fsp3) is 0.505. The summed E-state index contributed by atoms with van der Waals surface area (Å²) in [6.07, 6.45) is 1.46. The number of amides is 17. The highest BCUT2D eigenvalue weighted by atomic mass is 32.2. The zero-order valence-electron chi connectivity index (χ0n) is 78.6. The van der Waals surface area contributed by atoms with Gasteiger partial charge in [0.15, 0.2) is 0 Å². The maximum absolute atomic E-state index is 15.8. The first-order chi connectivity index (χ1) is 66.2. The van der Waals surface area contributed by atoms with Crippen LogP contribution in [0.25, 0.3) is 21.8 Å². The van der Waals surface area contributed by atoms with Crippen molar-refractivity contribution < 1.29 is 111 Å². The number of carbonyl (C=O) groups is 19. The second-order valence-corrected chi connectivity index (χ2v) is 35.8. The molecule has 17 amide bonds. The Morgan fingerprint density at radius 2 is 1.11 bits per heavy atom. The number of nitrogens with two attached hydrogens (primary N) is 3. The molecule has 46 heteroatoms. The molecular weight excluding hydrogens is 1830 g/mol. The Bertz CT molecular complexity index is 5440. The standard InChI is InChI=1S/C93H126N22O23S/c1-9-11-25-70-86(130)103-62(32-33-76(119)120)82(126)109-69(81(125)100-45-74(95)117)47-139-48-75(118)102-67(36-52-28-30-57(138-8)31-29-52)89(133)111(5)51(4)80(124)110-78(50(3)79(96)123)93(137)114-35-19-27-71(114)87(131)107-65(39-55-44-97-49-101-55)84(128)104-63(24-17-18-34-94)91(135)115-46-56(116)40-73(115)88(132)106-64(37-53-42-98-60-22-15-13-20-58(53)60)83(127)105-66(41-77(121)122)85(129)108-68(38-54-43-99-61-23-16-14-21-59(54)61)90(134)113(7)72(26-12-10-2)92(136)112(70)6/h13-16,20-23,28-31,42-44,49,51,56,62-73,78,98-99,116H,3,9-12,17-19,24-27,32-41,45-48,94H2,1-2,4-8H3,(H2,95,117)(H2,96,123)(H,97,101)(H,100,125)(H,102,118)(H,103,130)(H,104,128)(H,105,127)(H,106,132)(H,107,131)(H,108,129)(H,109,126)(H,110,124)(H,119,120)(H,121,122)/t51-,56+,62-,63-,64-,65-,66-,67-,68-,69-,70-,71-,72-,73-,78-/m0/s1. The molecule has 45 nitrogen and oxygen atoms in total. The van der Waals surface area contributed by atoms with E-state index >= 15 is 47.9 Å². The molecule has 0 bridgehead atoms. The first-order valence-electron chi connectivity index (χ1n) is 46.0. The van der Waals surface area contributed by atoms with E-state index in [-0.39, 0.29) is 89.4 Å². The number of fused-ring (bicyclic) bond motifs is 4. The number of H-pyrrole nitrogens is 3. The second-order valence-electron chi connectivity index (χ2n) is 34.8. The number of carbonyl (C=O) groups excluding carboxylic acids is 17. The number of thioether (sulfide) groups is 1. The number of unbranched alkanes of at least 4 members (excludes halogenated alkanes) is 3. The van der Waals surface area contributed by atoms with Gasteiger partial charge in [-0.25, -0.2) is 4.98 Å². The number of aromatic amines is 3. The highest BCUT2D eigenvalue weighted by Crippen LogP contribution is 2.29. The van der Waals surface area contributed by atoms with E-state index in [2.05, 4.69) is 79.7 Å². The minimum Gasteiger partial charge on any atom is -0.497 e. The average molecular weight is 1950 g/mol. The number of para-hydroxylation sites is 2. The van der Waals surface area contributed by atoms with E-state index in [4.69, 9.17) is 21.9 Å². The molecule has 3 fully saturated rings. The highest BCUT2D eigenvalue weighted by Gasteiger charge is 2.47. The molecule has 0 spiro atoms. The van der Waals surface area contributed by atoms with Crippen molar-refractivity contribution in [2.75, 3.05) is 65.9 Å². The van der Waals surface area contributed by atoms with E-state index in [1.54, 1.807) is 99.0 Å². The van der Waals surface area contributed by atoms with E-state index in [9.17, 15) is 58.5 Å². The lowest BCUT2D eigenvalue weighted by Gasteiger charge is -2.36. The number of methoxy groups -OCH3 is 1. The van der Waals surface area contributed by atoms with Gasteiger partial charge in [0.05, 0.1) is 38.3 Å². The summed E-state index contributed by atoms with van der Waals surface area (Å²) in [5.41, 5.74) is 19.2. The first-order valence-corrected chi connectivity index (χ1v) is 47.2. The van der Waals surface area contributed by atoms with Crippen molar-refractivity contribution in [3.8, 4) is 5.75 Å². The number of hydrogen-bond acceptors (Lipinski definition) is 24. The van der Waals surface area contributed by atoms with E-state index in [0.717, 1.165) is 24.5 Å². The van der Waals surface area contributed by atoms with Crippen LogP contribution in [0.2, 0.25) is 0 Å². The third-order valence-electron chi connectivity index (χ3n) is 24.8. The van der Waals surface area contributed by atoms with Crippen molar-refractivity contribution in [1.29, 1.82) is 0 Å². The van der Waals surface area contributed by atoms with Crippen molar-refractivity contribution in [3.63, 3.8) is 0 Å². The minimum absolute atomic E-state index is 0.0757. The summed E-state index contributed by atoms with van der Waals surface area (Å²) in [6, 6.07) is -3.45. The van der Waals surface area contributed by atoms with Gasteiger partial charge in [-0.15, -0.1) is 11.8 Å². The Balaban J connectivity index is 1.12. The van der Waals surface area contributed by atoms with Gasteiger partial charge in [0.1, 0.15) is 90.3 Å². The van der Waals surface area contributed by atoms with Crippen molar-refractivity contribution in [1.82, 2.24) is 97.6 Å². The number of nitrogens with zero attached hydrogens (tertiary/aromatic N) is 6. The van der Waals surface area contributed by atoms with Gasteiger partial charge in [0.2, 0.25) is 94.5 Å². The molecule has 0 unspecified atom stereocenters. The van der Waals surface area contributed by atoms with Gasteiger partial charge in [-0.3, -0.25) is 91.1 Å². The molecule has 22 N–H and O–H groups in total. The predicted molar refractivity (Wildman–Crippen MR) is 506 cm³/mol. The zero-order chi connectivity index (χ0) is 102. The first kappa shape index (κ1) is 108. The predicted octanol–water partition coefficient (Wildman–Crippen LogP) is -2.29. The maximum Gasteiger partial charge on any atom is 0.305 e. The number of primary amides is 2. The molecule has 6 heterocycles. The number of hydrogen-bond donors (Lipinski definition) is 19. The summed E-state index contributed by atoms with van der Waals surface area (Å²) < 4.78 is 5.34. The molecule has 0 saturated carbocycles. The number of aliphatic hydroxyl groups is 1. The van der Waals surface area contributed by atoms with Crippen LogP contribution in [0, 0.1) is 0 Å². The van der Waals surface area contributed by atoms with Crippen LogP contribution >= 0.6 is 11.8 Å². The highest BCUT2D eigenvalue weighted by molar-refractivity contribution is 8.00. The molecule has 0 aliphatic carbocycles. The van der Waals surface area contributed by atoms with Crippen LogP contribution in [0.15, 0.2) is 110 Å². The molecule has 3 aliphatic rings. The topological polar surface area (TPSA) is 669 Å². The Morgan fingerprint density at radius 3 is 1.70 bits per heavy atom. The number of likely N-dealkylation sites (N-methyl/N-ethyl adjacent to an activating group) is 3.